The molecule has 1 aliphatic heterocycles. The van der Waals surface area contributed by atoms with Crippen molar-refractivity contribution >= 4 is 11.4 Å². The smallest absolute Gasteiger partial charge is 0.214 e. The molecule has 8 nitrogen and oxygen atoms in total. The number of anilines is 1. The highest BCUT2D eigenvalue weighted by atomic mass is 19.1. The molecule has 0 amide bonds. The third kappa shape index (κ3) is 6.38. The van der Waals surface area contributed by atoms with Crippen LogP contribution in [-0.2, 0) is 4.74 Å². The Kier molecular flexibility index (Phi) is 8.01. The summed E-state index contributed by atoms with van der Waals surface area (Å²) in [4.78, 5) is 3.49. The third-order valence-electron chi connectivity index (χ3n) is 6.05. The molecule has 2 aliphatic rings. The van der Waals surface area contributed by atoms with E-state index >= 15 is 0 Å². The van der Waals surface area contributed by atoms with E-state index in [4.69, 9.17) is 15.9 Å². The lowest BCUT2D eigenvalue weighted by atomic mass is 9.79. The van der Waals surface area contributed by atoms with Crippen molar-refractivity contribution in [2.45, 2.75) is 56.1 Å². The summed E-state index contributed by atoms with van der Waals surface area (Å²) in [7, 11) is 0. The minimum atomic E-state index is -0.597. The summed E-state index contributed by atoms with van der Waals surface area (Å²) < 4.78 is 18.5. The zero-order valence-corrected chi connectivity index (χ0v) is 17.3. The molecule has 30 heavy (non-hydrogen) atoms. The molecule has 0 aromatic carbocycles. The van der Waals surface area contributed by atoms with Crippen LogP contribution in [0.5, 0.6) is 0 Å². The largest absolute Gasteiger partial charge is 0.505 e. The number of pyridine rings is 1. The van der Waals surface area contributed by atoms with Gasteiger partial charge in [0.15, 0.2) is 5.76 Å². The van der Waals surface area contributed by atoms with Crippen LogP contribution < -0.4 is 21.7 Å². The molecule has 1 saturated carbocycles. The van der Waals surface area contributed by atoms with Crippen molar-refractivity contribution in [3.05, 3.63) is 36.2 Å². The van der Waals surface area contributed by atoms with Crippen LogP contribution in [0.4, 0.5) is 10.1 Å². The quantitative estimate of drug-likeness (QED) is 0.205. The Morgan fingerprint density at radius 1 is 1.30 bits per heavy atom. The van der Waals surface area contributed by atoms with Gasteiger partial charge in [0, 0.05) is 61.5 Å². The normalized spacial score (nSPS) is 25.7. The SMILES string of the molecule is N=C(CNc1ccnc(F)c1)/C(O)=C\NC1(CN)CCC(NC2CCOCC2)CC1. The maximum Gasteiger partial charge on any atom is 0.214 e. The van der Waals surface area contributed by atoms with E-state index in [1.807, 2.05) is 0 Å². The van der Waals surface area contributed by atoms with Gasteiger partial charge in [-0.05, 0) is 44.6 Å². The van der Waals surface area contributed by atoms with Crippen molar-refractivity contribution in [2.24, 2.45) is 5.73 Å². The fourth-order valence-electron chi connectivity index (χ4n) is 4.04. The summed E-state index contributed by atoms with van der Waals surface area (Å²) in [6.07, 6.45) is 8.77. The summed E-state index contributed by atoms with van der Waals surface area (Å²) >= 11 is 0. The van der Waals surface area contributed by atoms with E-state index in [0.717, 1.165) is 51.7 Å². The first-order valence-corrected chi connectivity index (χ1v) is 10.6. The van der Waals surface area contributed by atoms with Crippen LogP contribution in [0.15, 0.2) is 30.3 Å². The maximum absolute atomic E-state index is 13.1. The highest BCUT2D eigenvalue weighted by Crippen LogP contribution is 2.28. The number of ether oxygens (including phenoxy) is 1. The maximum atomic E-state index is 13.1. The number of hydrogen-bond acceptors (Lipinski definition) is 8. The first kappa shape index (κ1) is 22.5. The Hall–Kier alpha value is -2.23. The van der Waals surface area contributed by atoms with Gasteiger partial charge < -0.3 is 31.5 Å². The molecule has 1 aliphatic carbocycles. The van der Waals surface area contributed by atoms with Crippen LogP contribution in [0.25, 0.3) is 0 Å². The van der Waals surface area contributed by atoms with E-state index in [0.29, 0.717) is 24.3 Å². The molecule has 2 fully saturated rings. The van der Waals surface area contributed by atoms with Crippen molar-refractivity contribution in [2.75, 3.05) is 31.6 Å². The average molecular weight is 421 g/mol. The summed E-state index contributed by atoms with van der Waals surface area (Å²) in [5.41, 5.74) is 6.29. The fraction of sp³-hybridized carbons (Fsp3) is 0.619. The number of nitrogens with one attached hydrogen (secondary N) is 4. The number of aromatic nitrogens is 1. The van der Waals surface area contributed by atoms with E-state index in [1.54, 1.807) is 6.07 Å². The highest BCUT2D eigenvalue weighted by Gasteiger charge is 2.34. The highest BCUT2D eigenvalue weighted by molar-refractivity contribution is 5.98. The van der Waals surface area contributed by atoms with Crippen molar-refractivity contribution in [3.63, 3.8) is 0 Å². The number of halogens is 1. The van der Waals surface area contributed by atoms with Crippen LogP contribution >= 0.6 is 0 Å². The Morgan fingerprint density at radius 3 is 2.67 bits per heavy atom. The number of aliphatic hydroxyl groups is 1. The van der Waals surface area contributed by atoms with Crippen molar-refractivity contribution in [3.8, 4) is 0 Å². The number of rotatable bonds is 9. The second kappa shape index (κ2) is 10.7. The molecule has 0 atom stereocenters. The molecule has 2 heterocycles. The van der Waals surface area contributed by atoms with Crippen LogP contribution in [0.2, 0.25) is 0 Å². The van der Waals surface area contributed by atoms with Gasteiger partial charge in [-0.15, -0.1) is 0 Å². The molecule has 0 radical (unpaired) electrons. The molecule has 1 aromatic heterocycles. The minimum absolute atomic E-state index is 0.00163. The van der Waals surface area contributed by atoms with Gasteiger partial charge in [0.05, 0.1) is 12.3 Å². The second-order valence-corrected chi connectivity index (χ2v) is 8.19. The summed E-state index contributed by atoms with van der Waals surface area (Å²) in [5.74, 6) is -0.757. The first-order valence-electron chi connectivity index (χ1n) is 10.6. The zero-order chi connectivity index (χ0) is 21.4. The number of aliphatic hydroxyl groups excluding tert-OH is 1. The molecule has 0 unspecified atom stereocenters. The minimum Gasteiger partial charge on any atom is -0.505 e. The van der Waals surface area contributed by atoms with E-state index in [9.17, 15) is 9.50 Å². The lowest BCUT2D eigenvalue weighted by Crippen LogP contribution is -2.54. The summed E-state index contributed by atoms with van der Waals surface area (Å²) in [6.45, 7) is 2.20. The van der Waals surface area contributed by atoms with Gasteiger partial charge in [-0.1, -0.05) is 0 Å². The van der Waals surface area contributed by atoms with E-state index < -0.39 is 5.95 Å². The predicted molar refractivity (Wildman–Crippen MR) is 115 cm³/mol. The monoisotopic (exact) mass is 420 g/mol. The molecular weight excluding hydrogens is 387 g/mol. The van der Waals surface area contributed by atoms with Crippen LogP contribution in [0, 0.1) is 11.4 Å². The van der Waals surface area contributed by atoms with Gasteiger partial charge in [0.2, 0.25) is 5.95 Å². The molecule has 1 saturated heterocycles. The number of nitrogens with two attached hydrogens (primary N) is 1. The van der Waals surface area contributed by atoms with Gasteiger partial charge in [0.25, 0.3) is 0 Å². The summed E-state index contributed by atoms with van der Waals surface area (Å²) in [5, 5.41) is 28.2. The van der Waals surface area contributed by atoms with Crippen molar-refractivity contribution in [1.29, 1.82) is 5.41 Å². The molecule has 0 spiro atoms. The number of hydrogen-bond donors (Lipinski definition) is 6. The Morgan fingerprint density at radius 2 is 2.00 bits per heavy atom. The standard InChI is InChI=1S/C21H33FN6O2/c22-20-11-17(3-8-25-20)26-12-18(24)19(29)13-27-21(14-23)6-1-15(2-7-21)28-16-4-9-30-10-5-16/h3,8,11,13,15-16,24,27-29H,1-2,4-7,9-10,12,14,23H2,(H,25,26)/b19-13+,24-18?. The van der Waals surface area contributed by atoms with Gasteiger partial charge in [0.1, 0.15) is 0 Å². The zero-order valence-electron chi connectivity index (χ0n) is 17.3. The van der Waals surface area contributed by atoms with Gasteiger partial charge in [-0.3, -0.25) is 5.41 Å². The molecule has 1 aromatic rings. The molecule has 3 rings (SSSR count). The van der Waals surface area contributed by atoms with Gasteiger partial charge >= 0.3 is 0 Å². The van der Waals surface area contributed by atoms with Crippen LogP contribution in [0.3, 0.4) is 0 Å². The average Bonchev–Trinajstić information content (AvgIpc) is 2.78. The molecule has 0 bridgehead atoms. The summed E-state index contributed by atoms with van der Waals surface area (Å²) in [6, 6.07) is 3.86. The topological polar surface area (TPSA) is 128 Å². The fourth-order valence-corrected chi connectivity index (χ4v) is 4.04. The number of nitrogens with zero attached hydrogens (tertiary/aromatic N) is 1. The van der Waals surface area contributed by atoms with E-state index in [2.05, 4.69) is 20.9 Å². The molecule has 7 N–H and O–H groups in total. The van der Waals surface area contributed by atoms with E-state index in [-0.39, 0.29) is 23.6 Å². The Balaban J connectivity index is 1.46. The van der Waals surface area contributed by atoms with Crippen LogP contribution in [0.1, 0.15) is 38.5 Å². The lowest BCUT2D eigenvalue weighted by molar-refractivity contribution is 0.0712. The van der Waals surface area contributed by atoms with Gasteiger partial charge in [-0.2, -0.15) is 4.39 Å². The van der Waals surface area contributed by atoms with E-state index in [1.165, 1.54) is 18.5 Å². The molecule has 166 valence electrons. The molecular formula is C21H33FN6O2. The van der Waals surface area contributed by atoms with Crippen molar-refractivity contribution in [1.82, 2.24) is 15.6 Å². The predicted octanol–water partition coefficient (Wildman–Crippen LogP) is 2.05. The Labute approximate surface area is 177 Å². The van der Waals surface area contributed by atoms with Crippen molar-refractivity contribution < 1.29 is 14.2 Å². The third-order valence-corrected chi connectivity index (χ3v) is 6.05. The molecule has 9 heteroatoms. The van der Waals surface area contributed by atoms with Crippen LogP contribution in [-0.4, -0.2) is 59.7 Å². The first-order chi connectivity index (χ1) is 14.5. The Bertz CT molecular complexity index is 730. The lowest BCUT2D eigenvalue weighted by Gasteiger charge is -2.41. The van der Waals surface area contributed by atoms with Gasteiger partial charge in [-0.25, -0.2) is 4.98 Å². The second-order valence-electron chi connectivity index (χ2n) is 8.19.